The van der Waals surface area contributed by atoms with Gasteiger partial charge in [-0.2, -0.15) is 5.10 Å². The van der Waals surface area contributed by atoms with Gasteiger partial charge in [0, 0.05) is 25.5 Å². The average Bonchev–Trinajstić information content (AvgIpc) is 2.92. The van der Waals surface area contributed by atoms with Crippen molar-refractivity contribution in [3.05, 3.63) is 47.3 Å². The normalized spacial score (nSPS) is 12.8. The Kier molecular flexibility index (Phi) is 5.43. The molecule has 0 bridgehead atoms. The zero-order valence-corrected chi connectivity index (χ0v) is 15.2. The molecule has 7 heteroatoms. The number of benzene rings is 1. The summed E-state index contributed by atoms with van der Waals surface area (Å²) in [6.07, 6.45) is 2.00. The first-order valence-corrected chi connectivity index (χ1v) is 9.72. The zero-order chi connectivity index (χ0) is 17.9. The van der Waals surface area contributed by atoms with Crippen LogP contribution in [0.4, 0.5) is 0 Å². The van der Waals surface area contributed by atoms with Gasteiger partial charge in [-0.1, -0.05) is 26.0 Å². The Balaban J connectivity index is 1.99. The molecular weight excluding hydrogens is 326 g/mol. The van der Waals surface area contributed by atoms with E-state index in [9.17, 15) is 13.2 Å². The van der Waals surface area contributed by atoms with Crippen LogP contribution in [0.2, 0.25) is 0 Å². The van der Waals surface area contributed by atoms with Gasteiger partial charge in [0.05, 0.1) is 4.90 Å². The van der Waals surface area contributed by atoms with Crippen LogP contribution in [0.3, 0.4) is 0 Å². The summed E-state index contributed by atoms with van der Waals surface area (Å²) in [5.41, 5.74) is 2.39. The number of rotatable bonds is 6. The molecule has 1 N–H and O–H groups in total. The van der Waals surface area contributed by atoms with Crippen LogP contribution < -0.4 is 5.32 Å². The third kappa shape index (κ3) is 4.23. The Hall–Kier alpha value is -2.15. The van der Waals surface area contributed by atoms with E-state index in [0.29, 0.717) is 17.1 Å². The van der Waals surface area contributed by atoms with Gasteiger partial charge in [0.2, 0.25) is 0 Å². The van der Waals surface area contributed by atoms with Crippen molar-refractivity contribution < 1.29 is 13.2 Å². The monoisotopic (exact) mass is 349 g/mol. The molecule has 1 atom stereocenters. The minimum Gasteiger partial charge on any atom is -0.350 e. The standard InChI is InChI=1S/C17H23N3O3S/c1-5-14-10-16(19-20(14)3)17(21)18-11-12(2)13-6-8-15(9-7-13)24(4,22)23/h6-10,12H,5,11H2,1-4H3,(H,18,21)/t12-/m0/s1. The summed E-state index contributed by atoms with van der Waals surface area (Å²) in [6.45, 7) is 4.45. The third-order valence-corrected chi connectivity index (χ3v) is 5.15. The number of carbonyl (C=O) groups excluding carboxylic acids is 1. The van der Waals surface area contributed by atoms with Crippen molar-refractivity contribution in [2.45, 2.75) is 31.1 Å². The van der Waals surface area contributed by atoms with Crippen LogP contribution in [0, 0.1) is 0 Å². The number of hydrogen-bond acceptors (Lipinski definition) is 4. The van der Waals surface area contributed by atoms with E-state index in [1.165, 1.54) is 6.26 Å². The summed E-state index contributed by atoms with van der Waals surface area (Å²) in [5, 5.41) is 7.08. The molecule has 0 saturated carbocycles. The van der Waals surface area contributed by atoms with Crippen LogP contribution in [0.15, 0.2) is 35.2 Å². The molecule has 1 aromatic heterocycles. The summed E-state index contributed by atoms with van der Waals surface area (Å²) in [5.74, 6) is -0.137. The predicted molar refractivity (Wildman–Crippen MR) is 92.9 cm³/mol. The molecule has 0 spiro atoms. The second kappa shape index (κ2) is 7.17. The molecule has 2 rings (SSSR count). The number of nitrogens with zero attached hydrogens (tertiary/aromatic N) is 2. The Morgan fingerprint density at radius 1 is 1.29 bits per heavy atom. The lowest BCUT2D eigenvalue weighted by atomic mass is 10.0. The van der Waals surface area contributed by atoms with Crippen molar-refractivity contribution in [2.24, 2.45) is 7.05 Å². The van der Waals surface area contributed by atoms with Crippen molar-refractivity contribution in [1.29, 1.82) is 0 Å². The van der Waals surface area contributed by atoms with Crippen LogP contribution in [-0.2, 0) is 23.3 Å². The SMILES string of the molecule is CCc1cc(C(=O)NC[C@H](C)c2ccc(S(C)(=O)=O)cc2)nn1C. The van der Waals surface area contributed by atoms with Gasteiger partial charge in [-0.3, -0.25) is 9.48 Å². The van der Waals surface area contributed by atoms with Gasteiger partial charge < -0.3 is 5.32 Å². The van der Waals surface area contributed by atoms with Gasteiger partial charge >= 0.3 is 0 Å². The van der Waals surface area contributed by atoms with Crippen LogP contribution in [0.1, 0.15) is 41.5 Å². The molecule has 0 unspecified atom stereocenters. The lowest BCUT2D eigenvalue weighted by Crippen LogP contribution is -2.28. The Morgan fingerprint density at radius 3 is 2.42 bits per heavy atom. The molecule has 1 aromatic carbocycles. The molecule has 0 aliphatic rings. The topological polar surface area (TPSA) is 81.1 Å². The third-order valence-electron chi connectivity index (χ3n) is 4.02. The van der Waals surface area contributed by atoms with Crippen LogP contribution >= 0.6 is 0 Å². The molecule has 2 aromatic rings. The summed E-state index contributed by atoms with van der Waals surface area (Å²) in [7, 11) is -1.37. The molecular formula is C17H23N3O3S. The van der Waals surface area contributed by atoms with Crippen LogP contribution in [0.25, 0.3) is 0 Å². The van der Waals surface area contributed by atoms with E-state index in [1.807, 2.05) is 20.9 Å². The van der Waals surface area contributed by atoms with Crippen LogP contribution in [0.5, 0.6) is 0 Å². The molecule has 0 aliphatic heterocycles. The van der Waals surface area contributed by atoms with Crippen molar-refractivity contribution in [3.63, 3.8) is 0 Å². The van der Waals surface area contributed by atoms with E-state index in [-0.39, 0.29) is 11.8 Å². The first-order chi connectivity index (χ1) is 11.2. The molecule has 0 saturated heterocycles. The maximum absolute atomic E-state index is 12.2. The molecule has 1 heterocycles. The highest BCUT2D eigenvalue weighted by atomic mass is 32.2. The smallest absolute Gasteiger partial charge is 0.271 e. The van der Waals surface area contributed by atoms with Crippen LogP contribution in [-0.4, -0.2) is 36.9 Å². The maximum Gasteiger partial charge on any atom is 0.271 e. The minimum atomic E-state index is -3.19. The summed E-state index contributed by atoms with van der Waals surface area (Å²) >= 11 is 0. The lowest BCUT2D eigenvalue weighted by molar-refractivity contribution is 0.0946. The average molecular weight is 349 g/mol. The second-order valence-electron chi connectivity index (χ2n) is 5.95. The molecule has 1 amide bonds. The molecule has 6 nitrogen and oxygen atoms in total. The van der Waals surface area contributed by atoms with Gasteiger partial charge in [0.1, 0.15) is 5.69 Å². The van der Waals surface area contributed by atoms with Gasteiger partial charge in [-0.05, 0) is 36.1 Å². The highest BCUT2D eigenvalue weighted by Gasteiger charge is 2.14. The fourth-order valence-corrected chi connectivity index (χ4v) is 3.08. The van der Waals surface area contributed by atoms with Crippen molar-refractivity contribution >= 4 is 15.7 Å². The lowest BCUT2D eigenvalue weighted by Gasteiger charge is -2.13. The highest BCUT2D eigenvalue weighted by molar-refractivity contribution is 7.90. The summed E-state index contributed by atoms with van der Waals surface area (Å²) < 4.78 is 24.7. The molecule has 0 aliphatic carbocycles. The quantitative estimate of drug-likeness (QED) is 0.864. The minimum absolute atomic E-state index is 0.0666. The Morgan fingerprint density at radius 2 is 1.92 bits per heavy atom. The number of nitrogens with one attached hydrogen (secondary N) is 1. The van der Waals surface area contributed by atoms with E-state index < -0.39 is 9.84 Å². The van der Waals surface area contributed by atoms with E-state index in [1.54, 1.807) is 35.0 Å². The van der Waals surface area contributed by atoms with Gasteiger partial charge in [0.25, 0.3) is 5.91 Å². The highest BCUT2D eigenvalue weighted by Crippen LogP contribution is 2.17. The molecule has 24 heavy (non-hydrogen) atoms. The first kappa shape index (κ1) is 18.2. The largest absolute Gasteiger partial charge is 0.350 e. The number of hydrogen-bond donors (Lipinski definition) is 1. The van der Waals surface area contributed by atoms with Crippen molar-refractivity contribution in [2.75, 3.05) is 12.8 Å². The fraction of sp³-hybridized carbons (Fsp3) is 0.412. The maximum atomic E-state index is 12.2. The molecule has 0 radical (unpaired) electrons. The van der Waals surface area contributed by atoms with E-state index in [4.69, 9.17) is 0 Å². The Bertz CT molecular complexity index is 823. The van der Waals surface area contributed by atoms with Gasteiger partial charge in [-0.15, -0.1) is 0 Å². The van der Waals surface area contributed by atoms with Gasteiger partial charge in [-0.25, -0.2) is 8.42 Å². The zero-order valence-electron chi connectivity index (χ0n) is 14.4. The molecule has 130 valence electrons. The second-order valence-corrected chi connectivity index (χ2v) is 7.97. The number of aryl methyl sites for hydroxylation is 2. The molecule has 0 fully saturated rings. The Labute approximate surface area is 142 Å². The van der Waals surface area contributed by atoms with Crippen molar-refractivity contribution in [3.8, 4) is 0 Å². The number of sulfone groups is 1. The van der Waals surface area contributed by atoms with E-state index in [0.717, 1.165) is 17.7 Å². The predicted octanol–water partition coefficient (Wildman–Crippen LogP) is 1.92. The number of amides is 1. The fourth-order valence-electron chi connectivity index (χ4n) is 2.45. The summed E-state index contributed by atoms with van der Waals surface area (Å²) in [4.78, 5) is 12.5. The first-order valence-electron chi connectivity index (χ1n) is 7.83. The summed E-state index contributed by atoms with van der Waals surface area (Å²) in [6, 6.07) is 8.54. The van der Waals surface area contributed by atoms with E-state index in [2.05, 4.69) is 10.4 Å². The number of aromatic nitrogens is 2. The number of carbonyl (C=O) groups is 1. The van der Waals surface area contributed by atoms with Crippen molar-refractivity contribution in [1.82, 2.24) is 15.1 Å². The van der Waals surface area contributed by atoms with E-state index >= 15 is 0 Å². The van der Waals surface area contributed by atoms with Gasteiger partial charge in [0.15, 0.2) is 9.84 Å².